The van der Waals surface area contributed by atoms with Crippen LogP contribution in [0, 0.1) is 11.3 Å². The van der Waals surface area contributed by atoms with E-state index in [1.54, 1.807) is 0 Å². The second-order valence-corrected chi connectivity index (χ2v) is 8.80. The number of nitrogens with one attached hydrogen (secondary N) is 3. The van der Waals surface area contributed by atoms with Gasteiger partial charge in [0.2, 0.25) is 5.91 Å². The number of halogens is 1. The summed E-state index contributed by atoms with van der Waals surface area (Å²) < 4.78 is 6.05. The molecule has 26 heavy (non-hydrogen) atoms. The Hall–Kier alpha value is -0.570. The number of nitrogens with zero attached hydrogens (tertiary/aromatic N) is 1. The van der Waals surface area contributed by atoms with Crippen LogP contribution >= 0.6 is 24.0 Å². The molecule has 3 fully saturated rings. The van der Waals surface area contributed by atoms with Crippen LogP contribution in [0.15, 0.2) is 4.99 Å². The third-order valence-electron chi connectivity index (χ3n) is 5.82. The Kier molecular flexibility index (Phi) is 7.21. The van der Waals surface area contributed by atoms with Crippen LogP contribution in [-0.4, -0.2) is 49.2 Å². The summed E-state index contributed by atoms with van der Waals surface area (Å²) in [4.78, 5) is 16.6. The van der Waals surface area contributed by atoms with Crippen molar-refractivity contribution >= 4 is 35.8 Å². The molecule has 0 aromatic carbocycles. The highest BCUT2D eigenvalue weighted by atomic mass is 127. The van der Waals surface area contributed by atoms with Crippen LogP contribution < -0.4 is 16.0 Å². The molecule has 7 heteroatoms. The Morgan fingerprint density at radius 3 is 2.58 bits per heavy atom. The van der Waals surface area contributed by atoms with Crippen LogP contribution in [0.3, 0.4) is 0 Å². The fourth-order valence-electron chi connectivity index (χ4n) is 4.98. The fourth-order valence-corrected chi connectivity index (χ4v) is 4.98. The minimum absolute atomic E-state index is 0. The van der Waals surface area contributed by atoms with E-state index in [-0.39, 0.29) is 47.4 Å². The average Bonchev–Trinajstić information content (AvgIpc) is 3.16. The number of hydrogen-bond donors (Lipinski definition) is 3. The fraction of sp³-hybridized carbons (Fsp3) is 0.895. The van der Waals surface area contributed by atoms with Gasteiger partial charge in [-0.3, -0.25) is 4.79 Å². The largest absolute Gasteiger partial charge is 0.377 e. The van der Waals surface area contributed by atoms with Crippen molar-refractivity contribution in [1.82, 2.24) is 16.0 Å². The molecule has 1 amide bonds. The first-order valence-electron chi connectivity index (χ1n) is 9.83. The summed E-state index contributed by atoms with van der Waals surface area (Å²) in [6.45, 7) is 9.83. The third-order valence-corrected chi connectivity index (χ3v) is 5.82. The molecule has 0 aromatic rings. The lowest BCUT2D eigenvalue weighted by atomic mass is 9.54. The van der Waals surface area contributed by atoms with Gasteiger partial charge in [0.1, 0.15) is 6.54 Å². The summed E-state index contributed by atoms with van der Waals surface area (Å²) in [5, 5.41) is 9.92. The van der Waals surface area contributed by atoms with Crippen molar-refractivity contribution in [3.63, 3.8) is 0 Å². The minimum atomic E-state index is -0.228. The highest BCUT2D eigenvalue weighted by Crippen LogP contribution is 2.60. The molecule has 0 radical (unpaired) electrons. The van der Waals surface area contributed by atoms with E-state index in [9.17, 15) is 4.79 Å². The molecule has 0 aromatic heterocycles. The molecule has 3 aliphatic rings. The van der Waals surface area contributed by atoms with Gasteiger partial charge >= 0.3 is 0 Å². The van der Waals surface area contributed by atoms with Gasteiger partial charge in [0.25, 0.3) is 0 Å². The molecule has 3 unspecified atom stereocenters. The SMILES string of the molecule is CCNC(=NCC(=O)NC(C)(C)C)NC1C2CCOC2C12CCCC2.I. The van der Waals surface area contributed by atoms with Crippen molar-refractivity contribution in [1.29, 1.82) is 0 Å². The predicted octanol–water partition coefficient (Wildman–Crippen LogP) is 2.42. The molecule has 3 atom stereocenters. The zero-order valence-corrected chi connectivity index (χ0v) is 18.9. The monoisotopic (exact) mass is 478 g/mol. The highest BCUT2D eigenvalue weighted by molar-refractivity contribution is 14.0. The first kappa shape index (κ1) is 21.7. The van der Waals surface area contributed by atoms with Crippen LogP contribution in [-0.2, 0) is 9.53 Å². The number of aliphatic imine (C=N–C) groups is 1. The lowest BCUT2D eigenvalue weighted by molar-refractivity contribution is -0.125. The molecule has 0 bridgehead atoms. The van der Waals surface area contributed by atoms with Crippen LogP contribution in [0.1, 0.15) is 59.8 Å². The number of carbonyl (C=O) groups excluding carboxylic acids is 1. The van der Waals surface area contributed by atoms with Gasteiger partial charge in [0.15, 0.2) is 5.96 Å². The van der Waals surface area contributed by atoms with Gasteiger partial charge in [-0.05, 0) is 47.0 Å². The van der Waals surface area contributed by atoms with Crippen molar-refractivity contribution in [3.05, 3.63) is 0 Å². The van der Waals surface area contributed by atoms with Crippen LogP contribution in [0.5, 0.6) is 0 Å². The van der Waals surface area contributed by atoms with Crippen molar-refractivity contribution in [2.24, 2.45) is 16.3 Å². The average molecular weight is 478 g/mol. The van der Waals surface area contributed by atoms with E-state index in [2.05, 4.69) is 27.9 Å². The van der Waals surface area contributed by atoms with Crippen molar-refractivity contribution < 1.29 is 9.53 Å². The van der Waals surface area contributed by atoms with E-state index in [0.29, 0.717) is 18.1 Å². The molecule has 3 N–H and O–H groups in total. The van der Waals surface area contributed by atoms with Gasteiger partial charge in [-0.1, -0.05) is 12.8 Å². The molecule has 6 nitrogen and oxygen atoms in total. The van der Waals surface area contributed by atoms with E-state index in [0.717, 1.165) is 25.5 Å². The minimum Gasteiger partial charge on any atom is -0.377 e. The van der Waals surface area contributed by atoms with Crippen LogP contribution in [0.4, 0.5) is 0 Å². The predicted molar refractivity (Wildman–Crippen MR) is 115 cm³/mol. The quantitative estimate of drug-likeness (QED) is 0.330. The van der Waals surface area contributed by atoms with Gasteiger partial charge in [-0.2, -0.15) is 0 Å². The normalized spacial score (nSPS) is 29.5. The zero-order chi connectivity index (χ0) is 18.1. The van der Waals surface area contributed by atoms with Crippen LogP contribution in [0.25, 0.3) is 0 Å². The Morgan fingerprint density at radius 1 is 1.27 bits per heavy atom. The Balaban J connectivity index is 0.00000243. The molecular weight excluding hydrogens is 443 g/mol. The molecule has 2 saturated carbocycles. The number of amides is 1. The second kappa shape index (κ2) is 8.63. The molecule has 150 valence electrons. The molecule has 3 rings (SSSR count). The maximum absolute atomic E-state index is 12.1. The lowest BCUT2D eigenvalue weighted by Gasteiger charge is -2.57. The van der Waals surface area contributed by atoms with Gasteiger partial charge in [-0.25, -0.2) is 4.99 Å². The van der Waals surface area contributed by atoms with E-state index in [4.69, 9.17) is 4.74 Å². The van der Waals surface area contributed by atoms with Gasteiger partial charge in [-0.15, -0.1) is 24.0 Å². The Bertz CT molecular complexity index is 526. The summed E-state index contributed by atoms with van der Waals surface area (Å²) >= 11 is 0. The first-order valence-corrected chi connectivity index (χ1v) is 9.83. The smallest absolute Gasteiger partial charge is 0.242 e. The van der Waals surface area contributed by atoms with E-state index >= 15 is 0 Å². The molecular formula is C19H35IN4O2. The summed E-state index contributed by atoms with van der Waals surface area (Å²) in [7, 11) is 0. The molecule has 1 spiro atoms. The highest BCUT2D eigenvalue weighted by Gasteiger charge is 2.65. The standard InChI is InChI=1S/C19H34N4O2.HI/c1-5-20-17(21-12-14(24)23-18(2,3)4)22-15-13-8-11-25-16(13)19(15)9-6-7-10-19;/h13,15-16H,5-12H2,1-4H3,(H,23,24)(H2,20,21,22);1H. The van der Waals surface area contributed by atoms with Crippen LogP contribution in [0.2, 0.25) is 0 Å². The number of guanidine groups is 1. The Morgan fingerprint density at radius 2 is 1.96 bits per heavy atom. The van der Waals surface area contributed by atoms with Gasteiger partial charge < -0.3 is 20.7 Å². The van der Waals surface area contributed by atoms with E-state index in [1.165, 1.54) is 25.7 Å². The maximum atomic E-state index is 12.1. The number of ether oxygens (including phenoxy) is 1. The van der Waals surface area contributed by atoms with Crippen molar-refractivity contribution in [2.45, 2.75) is 77.5 Å². The third kappa shape index (κ3) is 4.46. The zero-order valence-electron chi connectivity index (χ0n) is 16.6. The topological polar surface area (TPSA) is 74.8 Å². The summed E-state index contributed by atoms with van der Waals surface area (Å²) in [5.41, 5.74) is 0.0553. The molecule has 1 saturated heterocycles. The molecule has 1 heterocycles. The van der Waals surface area contributed by atoms with Crippen molar-refractivity contribution in [3.8, 4) is 0 Å². The first-order chi connectivity index (χ1) is 11.9. The summed E-state index contributed by atoms with van der Waals surface area (Å²) in [6.07, 6.45) is 6.65. The molecule has 1 aliphatic heterocycles. The summed E-state index contributed by atoms with van der Waals surface area (Å²) in [6, 6.07) is 0.422. The molecule has 2 aliphatic carbocycles. The number of rotatable bonds is 4. The van der Waals surface area contributed by atoms with Gasteiger partial charge in [0, 0.05) is 36.1 Å². The number of fused-ring (bicyclic) bond motifs is 2. The Labute approximate surface area is 174 Å². The summed E-state index contributed by atoms with van der Waals surface area (Å²) in [5.74, 6) is 1.30. The number of hydrogen-bond acceptors (Lipinski definition) is 3. The second-order valence-electron chi connectivity index (χ2n) is 8.80. The van der Waals surface area contributed by atoms with E-state index < -0.39 is 0 Å². The number of carbonyl (C=O) groups is 1. The van der Waals surface area contributed by atoms with Crippen molar-refractivity contribution in [2.75, 3.05) is 19.7 Å². The van der Waals surface area contributed by atoms with E-state index in [1.807, 2.05) is 20.8 Å². The lowest BCUT2D eigenvalue weighted by Crippen LogP contribution is -2.69. The van der Waals surface area contributed by atoms with Gasteiger partial charge in [0.05, 0.1) is 6.10 Å². The maximum Gasteiger partial charge on any atom is 0.242 e.